The number of ketones is 1. The lowest BCUT2D eigenvalue weighted by Crippen LogP contribution is -2.17. The van der Waals surface area contributed by atoms with Crippen LogP contribution in [0.25, 0.3) is 0 Å². The van der Waals surface area contributed by atoms with Gasteiger partial charge in [0.1, 0.15) is 5.78 Å². The van der Waals surface area contributed by atoms with Gasteiger partial charge >= 0.3 is 0 Å². The highest BCUT2D eigenvalue weighted by Gasteiger charge is 2.22. The number of carbonyl (C=O) groups excluding carboxylic acids is 1. The van der Waals surface area contributed by atoms with Crippen LogP contribution in [0.1, 0.15) is 26.7 Å². The fraction of sp³-hybridized carbons (Fsp3) is 0.909. The van der Waals surface area contributed by atoms with Crippen molar-refractivity contribution < 1.29 is 9.53 Å². The number of hydrogen-bond donors (Lipinski definition) is 0. The third-order valence-electron chi connectivity index (χ3n) is 2.73. The van der Waals surface area contributed by atoms with E-state index in [0.29, 0.717) is 18.1 Å². The number of thioether (sulfide) groups is 1. The minimum Gasteiger partial charge on any atom is -0.381 e. The van der Waals surface area contributed by atoms with E-state index in [4.69, 9.17) is 4.74 Å². The molecule has 1 aliphatic rings. The Morgan fingerprint density at radius 2 is 2.43 bits per heavy atom. The molecule has 2 atom stereocenters. The Morgan fingerprint density at radius 1 is 1.64 bits per heavy atom. The van der Waals surface area contributed by atoms with E-state index in [2.05, 4.69) is 13.8 Å². The summed E-state index contributed by atoms with van der Waals surface area (Å²) in [6, 6.07) is 0. The molecule has 1 fully saturated rings. The molecule has 1 aliphatic heterocycles. The quantitative estimate of drug-likeness (QED) is 0.682. The van der Waals surface area contributed by atoms with Crippen molar-refractivity contribution in [3.8, 4) is 0 Å². The molecular weight excluding hydrogens is 196 g/mol. The average Bonchev–Trinajstić information content (AvgIpc) is 2.70. The third kappa shape index (κ3) is 4.01. The van der Waals surface area contributed by atoms with E-state index in [9.17, 15) is 4.79 Å². The number of rotatable bonds is 6. The van der Waals surface area contributed by atoms with Crippen LogP contribution in [0.2, 0.25) is 0 Å². The normalized spacial score (nSPS) is 23.7. The summed E-state index contributed by atoms with van der Waals surface area (Å²) in [6.45, 7) is 5.85. The molecular formula is C11H20O2S. The maximum Gasteiger partial charge on any atom is 0.148 e. The van der Waals surface area contributed by atoms with E-state index in [1.807, 2.05) is 0 Å². The number of carbonyl (C=O) groups is 1. The summed E-state index contributed by atoms with van der Waals surface area (Å²) in [5.41, 5.74) is 0. The first-order valence-corrected chi connectivity index (χ1v) is 6.57. The molecule has 0 aromatic heterocycles. The van der Waals surface area contributed by atoms with E-state index >= 15 is 0 Å². The van der Waals surface area contributed by atoms with Crippen molar-refractivity contribution in [3.05, 3.63) is 0 Å². The van der Waals surface area contributed by atoms with Gasteiger partial charge in [-0.2, -0.15) is 11.8 Å². The smallest absolute Gasteiger partial charge is 0.148 e. The molecule has 3 heteroatoms. The molecule has 0 radical (unpaired) electrons. The average molecular weight is 216 g/mol. The fourth-order valence-electron chi connectivity index (χ4n) is 1.38. The van der Waals surface area contributed by atoms with Crippen molar-refractivity contribution in [2.45, 2.75) is 26.7 Å². The Balaban J connectivity index is 2.08. The molecule has 82 valence electrons. The van der Waals surface area contributed by atoms with Crippen LogP contribution in [-0.4, -0.2) is 30.5 Å². The van der Waals surface area contributed by atoms with Gasteiger partial charge in [0, 0.05) is 12.5 Å². The first-order valence-electron chi connectivity index (χ1n) is 5.42. The first-order chi connectivity index (χ1) is 6.74. The number of hydrogen-bond acceptors (Lipinski definition) is 3. The minimum absolute atomic E-state index is 0.194. The molecule has 14 heavy (non-hydrogen) atoms. The van der Waals surface area contributed by atoms with Crippen molar-refractivity contribution in [1.29, 1.82) is 0 Å². The van der Waals surface area contributed by atoms with Crippen LogP contribution in [0.15, 0.2) is 0 Å². The minimum atomic E-state index is 0.194. The highest BCUT2D eigenvalue weighted by molar-refractivity contribution is 7.99. The van der Waals surface area contributed by atoms with Gasteiger partial charge in [-0.05, 0) is 18.1 Å². The zero-order valence-electron chi connectivity index (χ0n) is 9.12. The molecule has 0 spiro atoms. The van der Waals surface area contributed by atoms with Crippen molar-refractivity contribution in [1.82, 2.24) is 0 Å². The second kappa shape index (κ2) is 6.46. The van der Waals surface area contributed by atoms with Gasteiger partial charge < -0.3 is 4.74 Å². The summed E-state index contributed by atoms with van der Waals surface area (Å²) in [5.74, 6) is 3.09. The zero-order valence-corrected chi connectivity index (χ0v) is 9.94. The molecule has 0 aromatic rings. The molecule has 1 saturated heterocycles. The lowest BCUT2D eigenvalue weighted by molar-refractivity contribution is -0.120. The van der Waals surface area contributed by atoms with Gasteiger partial charge in [0.2, 0.25) is 0 Å². The van der Waals surface area contributed by atoms with Gasteiger partial charge in [0.25, 0.3) is 0 Å². The highest BCUT2D eigenvalue weighted by atomic mass is 32.2. The molecule has 0 bridgehead atoms. The summed E-state index contributed by atoms with van der Waals surface area (Å²) < 4.78 is 5.20. The molecule has 1 rings (SSSR count). The summed E-state index contributed by atoms with van der Waals surface area (Å²) >= 11 is 1.78. The SMILES string of the molecule is CCC(C)CSCC(=O)C1CCOC1. The summed E-state index contributed by atoms with van der Waals surface area (Å²) in [4.78, 5) is 11.6. The van der Waals surface area contributed by atoms with Crippen molar-refractivity contribution in [3.63, 3.8) is 0 Å². The Labute approximate surface area is 90.8 Å². The monoisotopic (exact) mass is 216 g/mol. The molecule has 0 saturated carbocycles. The second-order valence-corrected chi connectivity index (χ2v) is 5.09. The van der Waals surface area contributed by atoms with E-state index in [-0.39, 0.29) is 5.92 Å². The van der Waals surface area contributed by atoms with Crippen molar-refractivity contribution in [2.24, 2.45) is 11.8 Å². The Kier molecular flexibility index (Phi) is 5.56. The Hall–Kier alpha value is -0.0200. The van der Waals surface area contributed by atoms with E-state index in [0.717, 1.165) is 24.7 Å². The van der Waals surface area contributed by atoms with E-state index < -0.39 is 0 Å². The third-order valence-corrected chi connectivity index (χ3v) is 4.02. The number of Topliss-reactive ketones (excluding diaryl/α,β-unsaturated/α-hetero) is 1. The summed E-state index contributed by atoms with van der Waals surface area (Å²) in [5, 5.41) is 0. The van der Waals surface area contributed by atoms with Gasteiger partial charge in [-0.1, -0.05) is 20.3 Å². The second-order valence-electron chi connectivity index (χ2n) is 4.06. The molecule has 1 heterocycles. The standard InChI is InChI=1S/C11H20O2S/c1-3-9(2)7-14-8-11(12)10-4-5-13-6-10/h9-10H,3-8H2,1-2H3. The summed E-state index contributed by atoms with van der Waals surface area (Å²) in [6.07, 6.45) is 2.14. The van der Waals surface area contributed by atoms with Crippen molar-refractivity contribution in [2.75, 3.05) is 24.7 Å². The van der Waals surface area contributed by atoms with Gasteiger partial charge in [0.15, 0.2) is 0 Å². The Bertz CT molecular complexity index is 176. The van der Waals surface area contributed by atoms with Crippen LogP contribution in [0.5, 0.6) is 0 Å². The molecule has 2 nitrogen and oxygen atoms in total. The number of ether oxygens (including phenoxy) is 1. The van der Waals surface area contributed by atoms with Gasteiger partial charge in [-0.25, -0.2) is 0 Å². The first kappa shape index (κ1) is 12.1. The lowest BCUT2D eigenvalue weighted by atomic mass is 10.1. The van der Waals surface area contributed by atoms with Crippen molar-refractivity contribution >= 4 is 17.5 Å². The highest BCUT2D eigenvalue weighted by Crippen LogP contribution is 2.18. The van der Waals surface area contributed by atoms with Crippen LogP contribution < -0.4 is 0 Å². The molecule has 0 aliphatic carbocycles. The predicted molar refractivity (Wildman–Crippen MR) is 60.7 cm³/mol. The maximum absolute atomic E-state index is 11.6. The molecule has 2 unspecified atom stereocenters. The van der Waals surface area contributed by atoms with Gasteiger partial charge in [0.05, 0.1) is 12.4 Å². The van der Waals surface area contributed by atoms with E-state index in [1.165, 1.54) is 6.42 Å². The molecule has 0 amide bonds. The largest absolute Gasteiger partial charge is 0.381 e. The van der Waals surface area contributed by atoms with E-state index in [1.54, 1.807) is 11.8 Å². The lowest BCUT2D eigenvalue weighted by Gasteiger charge is -2.09. The van der Waals surface area contributed by atoms with Crippen LogP contribution in [0, 0.1) is 11.8 Å². The fourth-order valence-corrected chi connectivity index (χ4v) is 2.58. The van der Waals surface area contributed by atoms with Gasteiger partial charge in [-0.3, -0.25) is 4.79 Å². The van der Waals surface area contributed by atoms with Crippen LogP contribution >= 0.6 is 11.8 Å². The zero-order chi connectivity index (χ0) is 10.4. The Morgan fingerprint density at radius 3 is 3.00 bits per heavy atom. The maximum atomic E-state index is 11.6. The van der Waals surface area contributed by atoms with Crippen LogP contribution in [0.3, 0.4) is 0 Å². The predicted octanol–water partition coefficient (Wildman–Crippen LogP) is 2.37. The van der Waals surface area contributed by atoms with Crippen LogP contribution in [0.4, 0.5) is 0 Å². The van der Waals surface area contributed by atoms with Gasteiger partial charge in [-0.15, -0.1) is 0 Å². The molecule has 0 aromatic carbocycles. The summed E-state index contributed by atoms with van der Waals surface area (Å²) in [7, 11) is 0. The van der Waals surface area contributed by atoms with Crippen LogP contribution in [-0.2, 0) is 9.53 Å². The molecule has 0 N–H and O–H groups in total. The topological polar surface area (TPSA) is 26.3 Å².